The molecule has 1 aromatic carbocycles. The highest BCUT2D eigenvalue weighted by Gasteiger charge is 2.17. The minimum atomic E-state index is -0.603. The highest BCUT2D eigenvalue weighted by molar-refractivity contribution is 9.10. The van der Waals surface area contributed by atoms with Gasteiger partial charge in [-0.25, -0.2) is 4.79 Å². The van der Waals surface area contributed by atoms with Crippen LogP contribution in [0.2, 0.25) is 0 Å². The summed E-state index contributed by atoms with van der Waals surface area (Å²) in [6.07, 6.45) is 0.822. The molecule has 22 heavy (non-hydrogen) atoms. The van der Waals surface area contributed by atoms with Crippen LogP contribution in [0.1, 0.15) is 30.6 Å². The lowest BCUT2D eigenvalue weighted by molar-refractivity contribution is -0.124. The van der Waals surface area contributed by atoms with Crippen LogP contribution in [-0.2, 0) is 9.53 Å². The molecule has 0 unspecified atom stereocenters. The molecule has 0 aliphatic carbocycles. The Morgan fingerprint density at radius 3 is 2.59 bits per heavy atom. The van der Waals surface area contributed by atoms with Crippen molar-refractivity contribution >= 4 is 27.8 Å². The molecule has 0 heterocycles. The van der Waals surface area contributed by atoms with Crippen molar-refractivity contribution < 1.29 is 23.8 Å². The average Bonchev–Trinajstić information content (AvgIpc) is 2.52. The Labute approximate surface area is 138 Å². The van der Waals surface area contributed by atoms with E-state index in [2.05, 4.69) is 21.2 Å². The zero-order chi connectivity index (χ0) is 16.5. The summed E-state index contributed by atoms with van der Waals surface area (Å²) in [6, 6.07) is 3.09. The first-order valence-electron chi connectivity index (χ1n) is 6.97. The number of benzene rings is 1. The van der Waals surface area contributed by atoms with Crippen LogP contribution in [0, 0.1) is 0 Å². The van der Waals surface area contributed by atoms with E-state index in [1.165, 1.54) is 13.2 Å². The molecule has 0 saturated carbocycles. The Hall–Kier alpha value is -1.76. The third kappa shape index (κ3) is 5.22. The van der Waals surface area contributed by atoms with E-state index in [0.717, 1.165) is 6.42 Å². The van der Waals surface area contributed by atoms with Gasteiger partial charge in [-0.3, -0.25) is 4.79 Å². The number of ether oxygens (including phenoxy) is 3. The first-order chi connectivity index (χ1) is 10.5. The summed E-state index contributed by atoms with van der Waals surface area (Å²) in [4.78, 5) is 23.4. The van der Waals surface area contributed by atoms with E-state index in [9.17, 15) is 9.59 Å². The summed E-state index contributed by atoms with van der Waals surface area (Å²) in [7, 11) is 1.48. The minimum absolute atomic E-state index is 0.274. The molecule has 7 heteroatoms. The number of esters is 1. The topological polar surface area (TPSA) is 73.9 Å². The fraction of sp³-hybridized carbons (Fsp3) is 0.467. The van der Waals surface area contributed by atoms with E-state index in [1.807, 2.05) is 13.8 Å². The predicted octanol–water partition coefficient (Wildman–Crippen LogP) is 2.54. The van der Waals surface area contributed by atoms with E-state index in [4.69, 9.17) is 14.2 Å². The number of carbonyl (C=O) groups is 2. The van der Waals surface area contributed by atoms with Gasteiger partial charge < -0.3 is 19.5 Å². The molecule has 0 aliphatic rings. The van der Waals surface area contributed by atoms with Gasteiger partial charge in [0.1, 0.15) is 0 Å². The molecule has 0 fully saturated rings. The second-order valence-corrected chi connectivity index (χ2v) is 5.20. The molecule has 0 radical (unpaired) electrons. The predicted molar refractivity (Wildman–Crippen MR) is 85.4 cm³/mol. The summed E-state index contributed by atoms with van der Waals surface area (Å²) in [5.41, 5.74) is 0.274. The molecule has 0 bridgehead atoms. The van der Waals surface area contributed by atoms with Gasteiger partial charge in [0.25, 0.3) is 5.91 Å². The van der Waals surface area contributed by atoms with E-state index >= 15 is 0 Å². The number of hydrogen-bond donors (Lipinski definition) is 1. The molecule has 0 saturated heterocycles. The summed E-state index contributed by atoms with van der Waals surface area (Å²) < 4.78 is 16.2. The van der Waals surface area contributed by atoms with Gasteiger partial charge in [0, 0.05) is 6.54 Å². The van der Waals surface area contributed by atoms with Gasteiger partial charge in [-0.1, -0.05) is 6.92 Å². The van der Waals surface area contributed by atoms with Crippen molar-refractivity contribution in [2.24, 2.45) is 0 Å². The summed E-state index contributed by atoms with van der Waals surface area (Å²) >= 11 is 3.33. The van der Waals surface area contributed by atoms with Gasteiger partial charge in [-0.05, 0) is 41.4 Å². The smallest absolute Gasteiger partial charge is 0.338 e. The van der Waals surface area contributed by atoms with Crippen molar-refractivity contribution in [3.8, 4) is 11.5 Å². The third-order valence-corrected chi connectivity index (χ3v) is 3.25. The quantitative estimate of drug-likeness (QED) is 0.708. The van der Waals surface area contributed by atoms with Crippen molar-refractivity contribution in [1.82, 2.24) is 5.32 Å². The van der Waals surface area contributed by atoms with Crippen molar-refractivity contribution in [3.05, 3.63) is 22.2 Å². The first-order valence-corrected chi connectivity index (χ1v) is 7.76. The summed E-state index contributed by atoms with van der Waals surface area (Å²) in [6.45, 7) is 4.50. The molecular weight excluding hydrogens is 354 g/mol. The largest absolute Gasteiger partial charge is 0.493 e. The van der Waals surface area contributed by atoms with Crippen LogP contribution >= 0.6 is 15.9 Å². The Morgan fingerprint density at radius 1 is 1.27 bits per heavy atom. The number of methoxy groups -OCH3 is 1. The number of hydrogen-bond acceptors (Lipinski definition) is 5. The second kappa shape index (κ2) is 9.30. The molecule has 0 aliphatic heterocycles. The van der Waals surface area contributed by atoms with Gasteiger partial charge in [-0.15, -0.1) is 0 Å². The Bertz CT molecular complexity index is 533. The van der Waals surface area contributed by atoms with E-state index in [-0.39, 0.29) is 18.1 Å². The maximum atomic E-state index is 12.0. The van der Waals surface area contributed by atoms with Gasteiger partial charge in [-0.2, -0.15) is 0 Å². The number of nitrogens with one attached hydrogen (secondary N) is 1. The molecule has 0 atom stereocenters. The van der Waals surface area contributed by atoms with Crippen molar-refractivity contribution in [2.45, 2.75) is 20.3 Å². The number of rotatable bonds is 8. The third-order valence-electron chi connectivity index (χ3n) is 2.66. The first kappa shape index (κ1) is 18.3. The molecule has 1 N–H and O–H groups in total. The Balaban J connectivity index is 2.77. The van der Waals surface area contributed by atoms with Crippen LogP contribution in [-0.4, -0.2) is 38.7 Å². The molecule has 0 spiro atoms. The molecular formula is C15H20BrNO5. The lowest BCUT2D eigenvalue weighted by atomic mass is 10.2. The van der Waals surface area contributed by atoms with E-state index < -0.39 is 5.97 Å². The highest BCUT2D eigenvalue weighted by Crippen LogP contribution is 2.36. The molecule has 6 nitrogen and oxygen atoms in total. The van der Waals surface area contributed by atoms with E-state index in [0.29, 0.717) is 29.1 Å². The summed E-state index contributed by atoms with van der Waals surface area (Å²) in [5, 5.41) is 2.63. The molecule has 1 amide bonds. The van der Waals surface area contributed by atoms with Gasteiger partial charge in [0.15, 0.2) is 18.1 Å². The standard InChI is InChI=1S/C15H20BrNO5/c1-4-6-17-13(18)9-22-15(19)10-7-11(16)14(21-5-2)12(8-10)20-3/h7-8H,4-6,9H2,1-3H3,(H,17,18). The van der Waals surface area contributed by atoms with Crippen LogP contribution in [0.3, 0.4) is 0 Å². The van der Waals surface area contributed by atoms with E-state index in [1.54, 1.807) is 6.07 Å². The second-order valence-electron chi connectivity index (χ2n) is 4.35. The van der Waals surface area contributed by atoms with Gasteiger partial charge in [0.05, 0.1) is 23.8 Å². The lowest BCUT2D eigenvalue weighted by Crippen LogP contribution is -2.29. The Morgan fingerprint density at radius 2 is 2.00 bits per heavy atom. The fourth-order valence-electron chi connectivity index (χ4n) is 1.65. The monoisotopic (exact) mass is 373 g/mol. The zero-order valence-electron chi connectivity index (χ0n) is 12.9. The molecule has 122 valence electrons. The van der Waals surface area contributed by atoms with Gasteiger partial charge >= 0.3 is 5.97 Å². The van der Waals surface area contributed by atoms with Crippen molar-refractivity contribution in [1.29, 1.82) is 0 Å². The maximum absolute atomic E-state index is 12.0. The van der Waals surface area contributed by atoms with Crippen LogP contribution in [0.4, 0.5) is 0 Å². The number of amides is 1. The molecule has 0 aromatic heterocycles. The lowest BCUT2D eigenvalue weighted by Gasteiger charge is -2.13. The summed E-state index contributed by atoms with van der Waals surface area (Å²) in [5.74, 6) is 0.00159. The Kier molecular flexibility index (Phi) is 7.73. The fourth-order valence-corrected chi connectivity index (χ4v) is 2.21. The van der Waals surface area contributed by atoms with Crippen LogP contribution in [0.25, 0.3) is 0 Å². The van der Waals surface area contributed by atoms with Crippen molar-refractivity contribution in [2.75, 3.05) is 26.9 Å². The van der Waals surface area contributed by atoms with Gasteiger partial charge in [0.2, 0.25) is 0 Å². The molecule has 1 rings (SSSR count). The zero-order valence-corrected chi connectivity index (χ0v) is 14.5. The van der Waals surface area contributed by atoms with Crippen LogP contribution in [0.5, 0.6) is 11.5 Å². The number of carbonyl (C=O) groups excluding carboxylic acids is 2. The van der Waals surface area contributed by atoms with Crippen LogP contribution in [0.15, 0.2) is 16.6 Å². The normalized spacial score (nSPS) is 10.0. The van der Waals surface area contributed by atoms with Crippen LogP contribution < -0.4 is 14.8 Å². The highest BCUT2D eigenvalue weighted by atomic mass is 79.9. The SMILES string of the molecule is CCCNC(=O)COC(=O)c1cc(Br)c(OCC)c(OC)c1. The maximum Gasteiger partial charge on any atom is 0.338 e. The molecule has 1 aromatic rings. The average molecular weight is 374 g/mol. The minimum Gasteiger partial charge on any atom is -0.493 e. The number of halogens is 1. The van der Waals surface area contributed by atoms with Crippen molar-refractivity contribution in [3.63, 3.8) is 0 Å².